The normalized spacial score (nSPS) is 10.6. The second kappa shape index (κ2) is 6.40. The number of phenolic OH excluding ortho intramolecular Hbond substituents is 4. The van der Waals surface area contributed by atoms with Crippen LogP contribution >= 0.6 is 11.9 Å². The van der Waals surface area contributed by atoms with Crippen LogP contribution in [0.15, 0.2) is 41.3 Å². The smallest absolute Gasteiger partial charge is 0.158 e. The van der Waals surface area contributed by atoms with Crippen LogP contribution < -0.4 is 4.72 Å². The molecular formula is C14H15NO4S. The van der Waals surface area contributed by atoms with Crippen molar-refractivity contribution in [1.29, 1.82) is 0 Å². The fourth-order valence-corrected chi connectivity index (χ4v) is 2.30. The average molecular weight is 293 g/mol. The standard InChI is InChI=1S/C14H15NO4S/c16-11-3-1-9(7-13(11)18)5-6-15-20-10-2-4-12(17)14(19)8-10/h1-4,7-8,15-19H,5-6H2. The van der Waals surface area contributed by atoms with Crippen LogP contribution in [0.2, 0.25) is 0 Å². The number of hydrogen-bond acceptors (Lipinski definition) is 6. The van der Waals surface area contributed by atoms with Gasteiger partial charge in [-0.2, -0.15) is 0 Å². The van der Waals surface area contributed by atoms with Gasteiger partial charge in [0, 0.05) is 11.4 Å². The van der Waals surface area contributed by atoms with Crippen LogP contribution in [-0.2, 0) is 6.42 Å². The maximum atomic E-state index is 9.36. The van der Waals surface area contributed by atoms with Crippen LogP contribution in [0, 0.1) is 0 Å². The first-order chi connectivity index (χ1) is 9.56. The highest BCUT2D eigenvalue weighted by molar-refractivity contribution is 7.97. The van der Waals surface area contributed by atoms with Crippen molar-refractivity contribution in [3.05, 3.63) is 42.0 Å². The number of phenols is 4. The van der Waals surface area contributed by atoms with Gasteiger partial charge < -0.3 is 20.4 Å². The molecule has 0 bridgehead atoms. The fraction of sp³-hybridized carbons (Fsp3) is 0.143. The molecule has 0 aliphatic rings. The molecule has 2 aromatic rings. The molecule has 106 valence electrons. The van der Waals surface area contributed by atoms with E-state index in [4.69, 9.17) is 0 Å². The van der Waals surface area contributed by atoms with Crippen LogP contribution in [0.3, 0.4) is 0 Å². The summed E-state index contributed by atoms with van der Waals surface area (Å²) in [4.78, 5) is 0.786. The molecule has 0 radical (unpaired) electrons. The highest BCUT2D eigenvalue weighted by Crippen LogP contribution is 2.29. The predicted octanol–water partition coefficient (Wildman–Crippen LogP) is 2.35. The van der Waals surface area contributed by atoms with Gasteiger partial charge in [-0.25, -0.2) is 0 Å². The molecular weight excluding hydrogens is 278 g/mol. The second-order valence-corrected chi connectivity index (χ2v) is 5.18. The third-order valence-corrected chi connectivity index (χ3v) is 3.53. The largest absolute Gasteiger partial charge is 0.504 e. The zero-order valence-corrected chi connectivity index (χ0v) is 11.4. The van der Waals surface area contributed by atoms with E-state index in [1.54, 1.807) is 12.1 Å². The summed E-state index contributed by atoms with van der Waals surface area (Å²) in [5.74, 6) is -0.552. The number of rotatable bonds is 5. The first-order valence-electron chi connectivity index (χ1n) is 5.99. The lowest BCUT2D eigenvalue weighted by Gasteiger charge is -2.06. The number of nitrogens with one attached hydrogen (secondary N) is 1. The van der Waals surface area contributed by atoms with Gasteiger partial charge in [-0.05, 0) is 54.3 Å². The van der Waals surface area contributed by atoms with Crippen LogP contribution in [0.25, 0.3) is 0 Å². The van der Waals surface area contributed by atoms with Crippen LogP contribution in [-0.4, -0.2) is 27.0 Å². The summed E-state index contributed by atoms with van der Waals surface area (Å²) in [6.45, 7) is 0.649. The molecule has 2 aromatic carbocycles. The summed E-state index contributed by atoms with van der Waals surface area (Å²) in [5.41, 5.74) is 0.905. The van der Waals surface area contributed by atoms with Crippen molar-refractivity contribution < 1.29 is 20.4 Å². The average Bonchev–Trinajstić information content (AvgIpc) is 2.42. The minimum absolute atomic E-state index is 0.126. The maximum absolute atomic E-state index is 9.36. The zero-order valence-electron chi connectivity index (χ0n) is 10.6. The van der Waals surface area contributed by atoms with E-state index in [2.05, 4.69) is 4.72 Å². The Bertz CT molecular complexity index is 550. The van der Waals surface area contributed by atoms with Gasteiger partial charge in [-0.15, -0.1) is 0 Å². The molecule has 0 unspecified atom stereocenters. The third-order valence-electron chi connectivity index (χ3n) is 2.69. The van der Waals surface area contributed by atoms with Gasteiger partial charge in [0.15, 0.2) is 23.0 Å². The van der Waals surface area contributed by atoms with E-state index in [0.29, 0.717) is 13.0 Å². The van der Waals surface area contributed by atoms with Crippen LogP contribution in [0.1, 0.15) is 5.56 Å². The Morgan fingerprint density at radius 3 is 2.10 bits per heavy atom. The van der Waals surface area contributed by atoms with Gasteiger partial charge in [-0.1, -0.05) is 6.07 Å². The molecule has 0 spiro atoms. The Morgan fingerprint density at radius 2 is 1.45 bits per heavy atom. The summed E-state index contributed by atoms with van der Waals surface area (Å²) in [7, 11) is 0. The van der Waals surface area contributed by atoms with Gasteiger partial charge >= 0.3 is 0 Å². The molecule has 0 heterocycles. The number of benzene rings is 2. The monoisotopic (exact) mass is 293 g/mol. The van der Waals surface area contributed by atoms with Gasteiger partial charge in [0.1, 0.15) is 0 Å². The molecule has 2 rings (SSSR count). The Kier molecular flexibility index (Phi) is 4.60. The third kappa shape index (κ3) is 3.72. The van der Waals surface area contributed by atoms with E-state index in [-0.39, 0.29) is 23.0 Å². The van der Waals surface area contributed by atoms with Crippen LogP contribution in [0.4, 0.5) is 0 Å². The molecule has 0 aromatic heterocycles. The lowest BCUT2D eigenvalue weighted by molar-refractivity contribution is 0.402. The van der Waals surface area contributed by atoms with Crippen molar-refractivity contribution in [3.8, 4) is 23.0 Å². The first-order valence-corrected chi connectivity index (χ1v) is 6.80. The van der Waals surface area contributed by atoms with E-state index < -0.39 is 0 Å². The zero-order chi connectivity index (χ0) is 14.5. The van der Waals surface area contributed by atoms with E-state index in [1.807, 2.05) is 0 Å². The number of aromatic hydroxyl groups is 4. The van der Waals surface area contributed by atoms with Gasteiger partial charge in [0.05, 0.1) is 0 Å². The van der Waals surface area contributed by atoms with Gasteiger partial charge in [0.25, 0.3) is 0 Å². The summed E-state index contributed by atoms with van der Waals surface area (Å²) < 4.78 is 3.11. The summed E-state index contributed by atoms with van der Waals surface area (Å²) >= 11 is 1.34. The first kappa shape index (κ1) is 14.4. The van der Waals surface area contributed by atoms with Crippen molar-refractivity contribution in [3.63, 3.8) is 0 Å². The van der Waals surface area contributed by atoms with E-state index >= 15 is 0 Å². The summed E-state index contributed by atoms with van der Waals surface area (Å²) in [6, 6.07) is 9.31. The van der Waals surface area contributed by atoms with E-state index in [9.17, 15) is 20.4 Å². The molecule has 0 aliphatic carbocycles. The Labute approximate surface area is 120 Å². The summed E-state index contributed by atoms with van der Waals surface area (Å²) in [6.07, 6.45) is 0.685. The van der Waals surface area contributed by atoms with Crippen molar-refractivity contribution in [2.75, 3.05) is 6.54 Å². The maximum Gasteiger partial charge on any atom is 0.158 e. The van der Waals surface area contributed by atoms with E-state index in [1.165, 1.54) is 36.2 Å². The molecule has 0 fully saturated rings. The lowest BCUT2D eigenvalue weighted by Crippen LogP contribution is -2.08. The Morgan fingerprint density at radius 1 is 0.800 bits per heavy atom. The van der Waals surface area contributed by atoms with Gasteiger partial charge in [-0.3, -0.25) is 4.72 Å². The molecule has 5 N–H and O–H groups in total. The van der Waals surface area contributed by atoms with E-state index in [0.717, 1.165) is 10.5 Å². The quantitative estimate of drug-likeness (QED) is 0.330. The van der Waals surface area contributed by atoms with Crippen LogP contribution in [0.5, 0.6) is 23.0 Å². The highest BCUT2D eigenvalue weighted by Gasteiger charge is 2.02. The van der Waals surface area contributed by atoms with Crippen molar-refractivity contribution in [2.45, 2.75) is 11.3 Å². The molecule has 0 atom stereocenters. The minimum atomic E-state index is -0.153. The molecule has 6 heteroatoms. The second-order valence-electron chi connectivity index (χ2n) is 4.22. The Balaban J connectivity index is 1.81. The number of hydrogen-bond donors (Lipinski definition) is 5. The SMILES string of the molecule is Oc1ccc(CCNSc2ccc(O)c(O)c2)cc1O. The van der Waals surface area contributed by atoms with Crippen molar-refractivity contribution in [1.82, 2.24) is 4.72 Å². The minimum Gasteiger partial charge on any atom is -0.504 e. The topological polar surface area (TPSA) is 93.0 Å². The molecule has 0 amide bonds. The fourth-order valence-electron chi connectivity index (χ4n) is 1.62. The van der Waals surface area contributed by atoms with Crippen molar-refractivity contribution in [2.24, 2.45) is 0 Å². The highest BCUT2D eigenvalue weighted by atomic mass is 32.2. The predicted molar refractivity (Wildman–Crippen MR) is 77.1 cm³/mol. The molecule has 0 aliphatic heterocycles. The molecule has 20 heavy (non-hydrogen) atoms. The lowest BCUT2D eigenvalue weighted by atomic mass is 10.1. The Hall–Kier alpha value is -2.05. The van der Waals surface area contributed by atoms with Gasteiger partial charge in [0.2, 0.25) is 0 Å². The molecule has 0 saturated carbocycles. The molecule has 5 nitrogen and oxygen atoms in total. The molecule has 0 saturated heterocycles. The summed E-state index contributed by atoms with van der Waals surface area (Å²) in [5, 5.41) is 37.1. The van der Waals surface area contributed by atoms with Crippen molar-refractivity contribution >= 4 is 11.9 Å².